The average Bonchev–Trinajstić information content (AvgIpc) is 2.41. The molecule has 2 atom stereocenters. The summed E-state index contributed by atoms with van der Waals surface area (Å²) in [4.78, 5) is 0. The summed E-state index contributed by atoms with van der Waals surface area (Å²) in [6.45, 7) is 11.5. The molecule has 0 saturated heterocycles. The molecule has 0 aromatic rings. The first-order chi connectivity index (χ1) is 8.64. The highest BCUT2D eigenvalue weighted by atomic mass is 16.5. The molecule has 0 bridgehead atoms. The Morgan fingerprint density at radius 2 is 2.00 bits per heavy atom. The van der Waals surface area contributed by atoms with Gasteiger partial charge < -0.3 is 10.1 Å². The molecule has 18 heavy (non-hydrogen) atoms. The van der Waals surface area contributed by atoms with Crippen LogP contribution in [0.15, 0.2) is 12.7 Å². The minimum Gasteiger partial charge on any atom is -0.377 e. The largest absolute Gasteiger partial charge is 0.377 e. The van der Waals surface area contributed by atoms with E-state index in [9.17, 15) is 0 Å². The highest BCUT2D eigenvalue weighted by molar-refractivity contribution is 4.88. The average molecular weight is 255 g/mol. The molecule has 108 valence electrons. The number of methoxy groups -OCH3 is 1. The van der Waals surface area contributed by atoms with Gasteiger partial charge >= 0.3 is 0 Å². The molecule has 0 aliphatic rings. The fourth-order valence-corrected chi connectivity index (χ4v) is 2.29. The van der Waals surface area contributed by atoms with Gasteiger partial charge in [0, 0.05) is 13.2 Å². The summed E-state index contributed by atoms with van der Waals surface area (Å²) in [7, 11) is 1.84. The molecule has 2 nitrogen and oxygen atoms in total. The lowest BCUT2D eigenvalue weighted by Crippen LogP contribution is -2.50. The van der Waals surface area contributed by atoms with Gasteiger partial charge in [-0.25, -0.2) is 0 Å². The number of rotatable bonds is 12. The van der Waals surface area contributed by atoms with Crippen molar-refractivity contribution >= 4 is 0 Å². The fraction of sp³-hybridized carbons (Fsp3) is 0.875. The predicted molar refractivity (Wildman–Crippen MR) is 81.1 cm³/mol. The van der Waals surface area contributed by atoms with Crippen molar-refractivity contribution in [3.63, 3.8) is 0 Å². The van der Waals surface area contributed by atoms with Gasteiger partial charge in [0.1, 0.15) is 0 Å². The SMILES string of the molecule is C=CCCCCCC(NCCC)C(C)(CC)OC. The number of nitrogens with one attached hydrogen (secondary N) is 1. The van der Waals surface area contributed by atoms with Crippen molar-refractivity contribution in [2.45, 2.75) is 77.4 Å². The smallest absolute Gasteiger partial charge is 0.0800 e. The summed E-state index contributed by atoms with van der Waals surface area (Å²) in [5.74, 6) is 0. The minimum atomic E-state index is -0.0341. The first-order valence-corrected chi connectivity index (χ1v) is 7.54. The van der Waals surface area contributed by atoms with E-state index in [1.54, 1.807) is 0 Å². The summed E-state index contributed by atoms with van der Waals surface area (Å²) in [5, 5.41) is 3.66. The zero-order chi connectivity index (χ0) is 13.9. The maximum atomic E-state index is 5.75. The summed E-state index contributed by atoms with van der Waals surface area (Å²) < 4.78 is 5.75. The lowest BCUT2D eigenvalue weighted by atomic mass is 9.89. The zero-order valence-corrected chi connectivity index (χ0v) is 12.9. The Balaban J connectivity index is 4.17. The molecule has 0 aromatic heterocycles. The molecule has 1 N–H and O–H groups in total. The Bertz CT molecular complexity index is 199. The van der Waals surface area contributed by atoms with Crippen molar-refractivity contribution in [1.82, 2.24) is 5.32 Å². The molecule has 2 unspecified atom stereocenters. The van der Waals surface area contributed by atoms with Gasteiger partial charge in [0.05, 0.1) is 5.60 Å². The zero-order valence-electron chi connectivity index (χ0n) is 12.9. The van der Waals surface area contributed by atoms with Gasteiger partial charge in [0.2, 0.25) is 0 Å². The van der Waals surface area contributed by atoms with Crippen molar-refractivity contribution in [1.29, 1.82) is 0 Å². The van der Waals surface area contributed by atoms with Crippen molar-refractivity contribution in [2.24, 2.45) is 0 Å². The third kappa shape index (κ3) is 6.55. The molecule has 0 fully saturated rings. The lowest BCUT2D eigenvalue weighted by Gasteiger charge is -2.36. The number of ether oxygens (including phenoxy) is 1. The maximum absolute atomic E-state index is 5.75. The van der Waals surface area contributed by atoms with Crippen LogP contribution in [0.5, 0.6) is 0 Å². The van der Waals surface area contributed by atoms with E-state index in [4.69, 9.17) is 4.74 Å². The summed E-state index contributed by atoms with van der Waals surface area (Å²) in [5.41, 5.74) is -0.0341. The van der Waals surface area contributed by atoms with Gasteiger partial charge in [-0.05, 0) is 45.6 Å². The van der Waals surface area contributed by atoms with E-state index in [1.807, 2.05) is 13.2 Å². The standard InChI is InChI=1S/C16H33NO/c1-6-9-10-11-12-13-15(17-14-7-2)16(4,8-3)18-5/h6,15,17H,1,7-14H2,2-5H3. The molecule has 0 aromatic carbocycles. The maximum Gasteiger partial charge on any atom is 0.0800 e. The molecule has 0 heterocycles. The van der Waals surface area contributed by atoms with E-state index < -0.39 is 0 Å². The van der Waals surface area contributed by atoms with Crippen LogP contribution < -0.4 is 5.32 Å². The van der Waals surface area contributed by atoms with Crippen LogP contribution in [0.1, 0.15) is 65.7 Å². The van der Waals surface area contributed by atoms with Crippen molar-refractivity contribution in [3.8, 4) is 0 Å². The topological polar surface area (TPSA) is 21.3 Å². The van der Waals surface area contributed by atoms with Gasteiger partial charge in [0.15, 0.2) is 0 Å². The van der Waals surface area contributed by atoms with Crippen molar-refractivity contribution in [3.05, 3.63) is 12.7 Å². The molecule has 0 saturated carbocycles. The van der Waals surface area contributed by atoms with Crippen LogP contribution in [0, 0.1) is 0 Å². The highest BCUT2D eigenvalue weighted by Gasteiger charge is 2.31. The van der Waals surface area contributed by atoms with E-state index >= 15 is 0 Å². The third-order valence-electron chi connectivity index (χ3n) is 3.95. The highest BCUT2D eigenvalue weighted by Crippen LogP contribution is 2.23. The number of hydrogen-bond donors (Lipinski definition) is 1. The van der Waals surface area contributed by atoms with Gasteiger partial charge in [0.25, 0.3) is 0 Å². The Morgan fingerprint density at radius 1 is 1.28 bits per heavy atom. The second-order valence-corrected chi connectivity index (χ2v) is 5.30. The van der Waals surface area contributed by atoms with Crippen LogP contribution >= 0.6 is 0 Å². The van der Waals surface area contributed by atoms with E-state index in [2.05, 4.69) is 32.7 Å². The first kappa shape index (κ1) is 17.7. The van der Waals surface area contributed by atoms with Crippen LogP contribution in [0.3, 0.4) is 0 Å². The number of hydrogen-bond acceptors (Lipinski definition) is 2. The molecule has 0 aliphatic heterocycles. The summed E-state index contributed by atoms with van der Waals surface area (Å²) in [6.07, 6.45) is 10.4. The van der Waals surface area contributed by atoms with Crippen molar-refractivity contribution in [2.75, 3.05) is 13.7 Å². The minimum absolute atomic E-state index is 0.0341. The second kappa shape index (κ2) is 10.6. The fourth-order valence-electron chi connectivity index (χ4n) is 2.29. The van der Waals surface area contributed by atoms with E-state index in [0.29, 0.717) is 6.04 Å². The van der Waals surface area contributed by atoms with Crippen molar-refractivity contribution < 1.29 is 4.74 Å². The normalized spacial score (nSPS) is 16.2. The summed E-state index contributed by atoms with van der Waals surface area (Å²) in [6, 6.07) is 0.469. The first-order valence-electron chi connectivity index (χ1n) is 7.54. The molecular weight excluding hydrogens is 222 g/mol. The predicted octanol–water partition coefficient (Wildman–Crippen LogP) is 4.31. The monoisotopic (exact) mass is 255 g/mol. The molecule has 0 spiro atoms. The quantitative estimate of drug-likeness (QED) is 0.414. The van der Waals surface area contributed by atoms with Gasteiger partial charge in [-0.2, -0.15) is 0 Å². The van der Waals surface area contributed by atoms with Crippen LogP contribution in [0.25, 0.3) is 0 Å². The van der Waals surface area contributed by atoms with Gasteiger partial charge in [-0.15, -0.1) is 6.58 Å². The number of allylic oxidation sites excluding steroid dienone is 1. The van der Waals surface area contributed by atoms with E-state index in [0.717, 1.165) is 19.4 Å². The Kier molecular flexibility index (Phi) is 10.4. The molecule has 0 aliphatic carbocycles. The second-order valence-electron chi connectivity index (χ2n) is 5.30. The molecule has 0 amide bonds. The van der Waals surface area contributed by atoms with Gasteiger partial charge in [-0.1, -0.05) is 32.8 Å². The van der Waals surface area contributed by atoms with Crippen LogP contribution in [-0.4, -0.2) is 25.3 Å². The molecular formula is C16H33NO. The Labute approximate surface area is 114 Å². The molecule has 0 radical (unpaired) electrons. The lowest BCUT2D eigenvalue weighted by molar-refractivity contribution is -0.0315. The van der Waals surface area contributed by atoms with E-state index in [1.165, 1.54) is 32.1 Å². The van der Waals surface area contributed by atoms with Gasteiger partial charge in [-0.3, -0.25) is 0 Å². The number of unbranched alkanes of at least 4 members (excludes halogenated alkanes) is 3. The van der Waals surface area contributed by atoms with Crippen LogP contribution in [0.4, 0.5) is 0 Å². The van der Waals surface area contributed by atoms with Crippen LogP contribution in [0.2, 0.25) is 0 Å². The van der Waals surface area contributed by atoms with E-state index in [-0.39, 0.29) is 5.60 Å². The summed E-state index contributed by atoms with van der Waals surface area (Å²) >= 11 is 0. The Hall–Kier alpha value is -0.340. The Morgan fingerprint density at radius 3 is 2.50 bits per heavy atom. The van der Waals surface area contributed by atoms with Crippen LogP contribution in [-0.2, 0) is 4.74 Å². The third-order valence-corrected chi connectivity index (χ3v) is 3.95. The molecule has 0 rings (SSSR count). The molecule has 2 heteroatoms.